The van der Waals surface area contributed by atoms with Gasteiger partial charge in [0.1, 0.15) is 0 Å². The maximum Gasteiger partial charge on any atom is 0.261 e. The molecule has 0 saturated heterocycles. The first-order valence-corrected chi connectivity index (χ1v) is 12.5. The Hall–Kier alpha value is -1.95. The second-order valence-electron chi connectivity index (χ2n) is 5.90. The van der Waals surface area contributed by atoms with Gasteiger partial charge in [0.05, 0.1) is 23.1 Å². The van der Waals surface area contributed by atoms with E-state index in [4.69, 9.17) is 0 Å². The number of para-hydroxylation sites is 1. The summed E-state index contributed by atoms with van der Waals surface area (Å²) in [4.78, 5) is 13.7. The summed E-state index contributed by atoms with van der Waals surface area (Å²) in [6, 6.07) is 10.3. The van der Waals surface area contributed by atoms with Crippen LogP contribution in [0.15, 0.2) is 36.4 Å². The van der Waals surface area contributed by atoms with Crippen molar-refractivity contribution in [3.8, 4) is 0 Å². The Bertz CT molecular complexity index is 1010. The largest absolute Gasteiger partial charge is 0.347 e. The maximum atomic E-state index is 12.3. The Morgan fingerprint density at radius 3 is 2.37 bits per heavy atom. The molecular formula is C16H21N3O5S3. The minimum Gasteiger partial charge on any atom is -0.347 e. The number of amides is 1. The summed E-state index contributed by atoms with van der Waals surface area (Å²) in [5.74, 6) is -0.281. The van der Waals surface area contributed by atoms with E-state index >= 15 is 0 Å². The van der Waals surface area contributed by atoms with Gasteiger partial charge in [-0.3, -0.25) is 9.52 Å². The molecule has 3 N–H and O–H groups in total. The third kappa shape index (κ3) is 7.67. The Kier molecular flexibility index (Phi) is 6.98. The Morgan fingerprint density at radius 2 is 1.70 bits per heavy atom. The molecule has 0 radical (unpaired) electrons. The van der Waals surface area contributed by atoms with Crippen molar-refractivity contribution in [1.82, 2.24) is 10.0 Å². The topological polar surface area (TPSA) is 121 Å². The van der Waals surface area contributed by atoms with Gasteiger partial charge >= 0.3 is 0 Å². The normalized spacial score (nSPS) is 11.9. The van der Waals surface area contributed by atoms with E-state index in [1.54, 1.807) is 36.4 Å². The number of hydrogen-bond donors (Lipinski definition) is 3. The number of anilines is 1. The van der Waals surface area contributed by atoms with Crippen LogP contribution in [0.3, 0.4) is 0 Å². The van der Waals surface area contributed by atoms with Crippen LogP contribution in [0.25, 0.3) is 0 Å². The fourth-order valence-electron chi connectivity index (χ4n) is 2.23. The number of benzene rings is 1. The zero-order valence-corrected chi connectivity index (χ0v) is 17.3. The number of hydrogen-bond acceptors (Lipinski definition) is 6. The summed E-state index contributed by atoms with van der Waals surface area (Å²) in [5, 5.41) is 2.76. The van der Waals surface area contributed by atoms with E-state index in [0.29, 0.717) is 22.5 Å². The highest BCUT2D eigenvalue weighted by Crippen LogP contribution is 2.19. The van der Waals surface area contributed by atoms with Crippen LogP contribution in [0, 0.1) is 0 Å². The minimum atomic E-state index is -3.42. The van der Waals surface area contributed by atoms with Crippen molar-refractivity contribution in [3.63, 3.8) is 0 Å². The molecule has 27 heavy (non-hydrogen) atoms. The molecule has 148 valence electrons. The van der Waals surface area contributed by atoms with E-state index in [1.807, 2.05) is 0 Å². The van der Waals surface area contributed by atoms with Gasteiger partial charge in [0.2, 0.25) is 20.0 Å². The molecule has 0 aliphatic rings. The summed E-state index contributed by atoms with van der Waals surface area (Å²) in [5.41, 5.74) is 1.06. The average Bonchev–Trinajstić information content (AvgIpc) is 3.00. The van der Waals surface area contributed by atoms with E-state index in [2.05, 4.69) is 14.8 Å². The first-order valence-electron chi connectivity index (χ1n) is 7.91. The molecule has 0 saturated carbocycles. The Balaban J connectivity index is 1.95. The predicted molar refractivity (Wildman–Crippen MR) is 107 cm³/mol. The van der Waals surface area contributed by atoms with Crippen LogP contribution in [0.2, 0.25) is 0 Å². The molecule has 1 heterocycles. The Labute approximate surface area is 163 Å². The zero-order valence-electron chi connectivity index (χ0n) is 14.9. The first-order chi connectivity index (χ1) is 12.5. The van der Waals surface area contributed by atoms with Crippen LogP contribution in [0.1, 0.15) is 20.1 Å². The maximum absolute atomic E-state index is 12.3. The molecular weight excluding hydrogens is 410 g/mol. The monoisotopic (exact) mass is 431 g/mol. The molecule has 0 spiro atoms. The number of carbonyl (C=O) groups excluding carboxylic acids is 1. The summed E-state index contributed by atoms with van der Waals surface area (Å²) >= 11 is 1.28. The minimum absolute atomic E-state index is 0.167. The molecule has 0 aliphatic heterocycles. The Morgan fingerprint density at radius 1 is 1.00 bits per heavy atom. The van der Waals surface area contributed by atoms with Crippen LogP contribution >= 0.6 is 11.3 Å². The molecule has 11 heteroatoms. The van der Waals surface area contributed by atoms with Crippen LogP contribution in [-0.4, -0.2) is 41.8 Å². The van der Waals surface area contributed by atoms with Gasteiger partial charge in [-0.25, -0.2) is 21.6 Å². The molecule has 1 aromatic carbocycles. The molecule has 1 aromatic heterocycles. The average molecular weight is 432 g/mol. The second kappa shape index (κ2) is 8.83. The van der Waals surface area contributed by atoms with Gasteiger partial charge in [0.25, 0.3) is 5.91 Å². The van der Waals surface area contributed by atoms with E-state index in [-0.39, 0.29) is 19.0 Å². The molecule has 0 fully saturated rings. The van der Waals surface area contributed by atoms with Crippen LogP contribution in [-0.2, 0) is 33.0 Å². The number of carbonyl (C=O) groups is 1. The lowest BCUT2D eigenvalue weighted by Gasteiger charge is -2.11. The van der Waals surface area contributed by atoms with Crippen molar-refractivity contribution in [2.75, 3.05) is 23.8 Å². The van der Waals surface area contributed by atoms with Crippen molar-refractivity contribution in [2.45, 2.75) is 13.0 Å². The predicted octanol–water partition coefficient (Wildman–Crippen LogP) is 1.14. The molecule has 2 rings (SSSR count). The smallest absolute Gasteiger partial charge is 0.261 e. The lowest BCUT2D eigenvalue weighted by atomic mass is 10.2. The van der Waals surface area contributed by atoms with Crippen LogP contribution < -0.4 is 14.8 Å². The van der Waals surface area contributed by atoms with Gasteiger partial charge in [0.15, 0.2) is 0 Å². The molecule has 8 nitrogen and oxygen atoms in total. The van der Waals surface area contributed by atoms with E-state index in [9.17, 15) is 21.6 Å². The molecule has 0 unspecified atom stereocenters. The number of nitrogens with one attached hydrogen (secondary N) is 3. The summed E-state index contributed by atoms with van der Waals surface area (Å²) in [6.45, 7) is 0.436. The quantitative estimate of drug-likeness (QED) is 0.550. The third-order valence-electron chi connectivity index (χ3n) is 3.37. The lowest BCUT2D eigenvalue weighted by molar-refractivity contribution is 0.0955. The van der Waals surface area contributed by atoms with Crippen LogP contribution in [0.4, 0.5) is 5.69 Å². The molecule has 0 bridgehead atoms. The van der Waals surface area contributed by atoms with Crippen molar-refractivity contribution in [3.05, 3.63) is 51.7 Å². The number of rotatable bonds is 9. The fourth-order valence-corrected chi connectivity index (χ4v) is 4.23. The molecule has 1 amide bonds. The standard InChI is InChI=1S/C16H21N3O5S3/c1-26(21,22)18-10-9-13-7-8-15(25-13)16(20)17-11-12-5-3-4-6-14(12)19-27(2,23)24/h3-8,18-19H,9-11H2,1-2H3,(H,17,20). The van der Waals surface area contributed by atoms with Gasteiger partial charge in [0, 0.05) is 18.0 Å². The van der Waals surface area contributed by atoms with Gasteiger partial charge in [-0.15, -0.1) is 11.3 Å². The number of sulfonamides is 2. The van der Waals surface area contributed by atoms with E-state index < -0.39 is 20.0 Å². The lowest BCUT2D eigenvalue weighted by Crippen LogP contribution is -2.24. The third-order valence-corrected chi connectivity index (χ3v) is 5.84. The van der Waals surface area contributed by atoms with Crippen molar-refractivity contribution in [1.29, 1.82) is 0 Å². The van der Waals surface area contributed by atoms with Crippen molar-refractivity contribution < 1.29 is 21.6 Å². The van der Waals surface area contributed by atoms with Crippen molar-refractivity contribution >= 4 is 43.0 Å². The highest BCUT2D eigenvalue weighted by molar-refractivity contribution is 7.92. The highest BCUT2D eigenvalue weighted by Gasteiger charge is 2.12. The van der Waals surface area contributed by atoms with Gasteiger partial charge in [-0.2, -0.15) is 0 Å². The van der Waals surface area contributed by atoms with Gasteiger partial charge < -0.3 is 5.32 Å². The fraction of sp³-hybridized carbons (Fsp3) is 0.312. The van der Waals surface area contributed by atoms with Gasteiger partial charge in [-0.1, -0.05) is 18.2 Å². The zero-order chi connectivity index (χ0) is 20.1. The number of thiophene rings is 1. The summed E-state index contributed by atoms with van der Waals surface area (Å²) in [6.07, 6.45) is 2.65. The summed E-state index contributed by atoms with van der Waals surface area (Å²) < 4.78 is 49.8. The van der Waals surface area contributed by atoms with E-state index in [1.165, 1.54) is 11.3 Å². The van der Waals surface area contributed by atoms with Gasteiger partial charge in [-0.05, 0) is 30.2 Å². The van der Waals surface area contributed by atoms with Crippen LogP contribution in [0.5, 0.6) is 0 Å². The van der Waals surface area contributed by atoms with E-state index in [0.717, 1.165) is 17.4 Å². The SMILES string of the molecule is CS(=O)(=O)NCCc1ccc(C(=O)NCc2ccccc2NS(C)(=O)=O)s1. The highest BCUT2D eigenvalue weighted by atomic mass is 32.2. The molecule has 0 atom stereocenters. The molecule has 0 aliphatic carbocycles. The first kappa shape index (κ1) is 21.4. The van der Waals surface area contributed by atoms with Crippen molar-refractivity contribution in [2.24, 2.45) is 0 Å². The molecule has 2 aromatic rings. The summed E-state index contributed by atoms with van der Waals surface area (Å²) in [7, 11) is -6.65. The second-order valence-corrected chi connectivity index (χ2v) is 10.6.